The van der Waals surface area contributed by atoms with Gasteiger partial charge in [-0.2, -0.15) is 0 Å². The van der Waals surface area contributed by atoms with Crippen molar-refractivity contribution in [2.75, 3.05) is 6.54 Å². The highest BCUT2D eigenvalue weighted by molar-refractivity contribution is 5.92. The second kappa shape index (κ2) is 6.64. The van der Waals surface area contributed by atoms with Crippen molar-refractivity contribution in [3.05, 3.63) is 66.6 Å². The lowest BCUT2D eigenvalue weighted by molar-refractivity contribution is 0.0944. The Kier molecular flexibility index (Phi) is 4.04. The quantitative estimate of drug-likeness (QED) is 0.547. The zero-order chi connectivity index (χ0) is 17.1. The molecule has 0 radical (unpaired) electrons. The van der Waals surface area contributed by atoms with E-state index in [2.05, 4.69) is 19.9 Å². The lowest BCUT2D eigenvalue weighted by Crippen LogP contribution is -2.25. The number of nitrogens with one attached hydrogen (secondary N) is 1. The zero-order valence-electron chi connectivity index (χ0n) is 13.4. The van der Waals surface area contributed by atoms with Crippen molar-refractivity contribution in [3.63, 3.8) is 0 Å². The summed E-state index contributed by atoms with van der Waals surface area (Å²) in [6, 6.07) is 11.0. The molecule has 4 aromatic rings. The van der Waals surface area contributed by atoms with Gasteiger partial charge in [0.25, 0.3) is 5.91 Å². The third-order valence-corrected chi connectivity index (χ3v) is 3.88. The van der Waals surface area contributed by atoms with Gasteiger partial charge in [0.05, 0.1) is 18.0 Å². The fourth-order valence-electron chi connectivity index (χ4n) is 2.64. The fourth-order valence-corrected chi connectivity index (χ4v) is 2.64. The number of furan rings is 1. The number of fused-ring (bicyclic) bond motifs is 1. The van der Waals surface area contributed by atoms with Crippen LogP contribution in [-0.2, 0) is 6.42 Å². The highest BCUT2D eigenvalue weighted by atomic mass is 16.5. The van der Waals surface area contributed by atoms with Crippen LogP contribution in [0.5, 0.6) is 0 Å². The van der Waals surface area contributed by atoms with Gasteiger partial charge >= 0.3 is 0 Å². The van der Waals surface area contributed by atoms with E-state index < -0.39 is 0 Å². The topological polar surface area (TPSA) is 85.6 Å². The molecule has 0 aliphatic rings. The van der Waals surface area contributed by atoms with Gasteiger partial charge in [0.2, 0.25) is 5.76 Å². The van der Waals surface area contributed by atoms with Crippen molar-refractivity contribution >= 4 is 11.4 Å². The number of aryl methyl sites for hydroxylation is 1. The number of rotatable bonds is 6. The first kappa shape index (κ1) is 15.2. The van der Waals surface area contributed by atoms with E-state index >= 15 is 0 Å². The van der Waals surface area contributed by atoms with Gasteiger partial charge in [-0.3, -0.25) is 4.79 Å². The van der Waals surface area contributed by atoms with Crippen molar-refractivity contribution in [2.45, 2.75) is 12.8 Å². The average Bonchev–Trinajstić information content (AvgIpc) is 3.38. The van der Waals surface area contributed by atoms with Gasteiger partial charge in [-0.05, 0) is 30.7 Å². The van der Waals surface area contributed by atoms with Crippen molar-refractivity contribution < 1.29 is 13.7 Å². The smallest absolute Gasteiger partial charge is 0.273 e. The molecular formula is C18H16N4O3. The third kappa shape index (κ3) is 3.16. The molecule has 0 bridgehead atoms. The Morgan fingerprint density at radius 1 is 1.20 bits per heavy atom. The van der Waals surface area contributed by atoms with Crippen molar-refractivity contribution in [3.8, 4) is 11.5 Å². The zero-order valence-corrected chi connectivity index (χ0v) is 13.4. The van der Waals surface area contributed by atoms with Crippen LogP contribution in [0, 0.1) is 0 Å². The molecule has 1 amide bonds. The number of hydrogen-bond acceptors (Lipinski definition) is 5. The Morgan fingerprint density at radius 3 is 3.04 bits per heavy atom. The summed E-state index contributed by atoms with van der Waals surface area (Å²) in [5, 5.41) is 6.62. The van der Waals surface area contributed by atoms with Crippen LogP contribution in [0.15, 0.2) is 64.0 Å². The summed E-state index contributed by atoms with van der Waals surface area (Å²) in [4.78, 5) is 16.5. The molecule has 0 aliphatic heterocycles. The van der Waals surface area contributed by atoms with E-state index in [1.165, 1.54) is 6.26 Å². The molecule has 1 N–H and O–H groups in total. The number of nitrogens with zero attached hydrogens (tertiary/aromatic N) is 3. The summed E-state index contributed by atoms with van der Waals surface area (Å²) in [6.07, 6.45) is 6.93. The van der Waals surface area contributed by atoms with Crippen LogP contribution >= 0.6 is 0 Å². The van der Waals surface area contributed by atoms with Gasteiger partial charge in [0.15, 0.2) is 11.5 Å². The Labute approximate surface area is 143 Å². The molecule has 25 heavy (non-hydrogen) atoms. The average molecular weight is 336 g/mol. The standard InChI is InChI=1S/C18H16N4O3/c23-18(14-11-16(25-21-14)15-6-4-10-24-15)19-8-3-7-17-20-12-13-5-1-2-9-22(13)17/h1-2,4-6,9-12H,3,7-8H2,(H,19,23). The first-order valence-electron chi connectivity index (χ1n) is 8.01. The lowest BCUT2D eigenvalue weighted by Gasteiger charge is -2.03. The van der Waals surface area contributed by atoms with Crippen molar-refractivity contribution in [1.29, 1.82) is 0 Å². The highest BCUT2D eigenvalue weighted by Crippen LogP contribution is 2.20. The van der Waals surface area contributed by atoms with Crippen LogP contribution < -0.4 is 5.32 Å². The van der Waals surface area contributed by atoms with Gasteiger partial charge in [-0.25, -0.2) is 4.98 Å². The molecule has 0 saturated heterocycles. The second-order valence-electron chi connectivity index (χ2n) is 5.58. The molecule has 0 aliphatic carbocycles. The molecule has 0 spiro atoms. The number of carbonyl (C=O) groups excluding carboxylic acids is 1. The van der Waals surface area contributed by atoms with Crippen LogP contribution in [0.2, 0.25) is 0 Å². The molecule has 0 saturated carbocycles. The van der Waals surface area contributed by atoms with E-state index in [9.17, 15) is 4.79 Å². The van der Waals surface area contributed by atoms with Gasteiger partial charge in [0, 0.05) is 25.2 Å². The third-order valence-electron chi connectivity index (χ3n) is 3.88. The Hall–Kier alpha value is -3.35. The largest absolute Gasteiger partial charge is 0.461 e. The van der Waals surface area contributed by atoms with Crippen LogP contribution in [-0.4, -0.2) is 27.0 Å². The number of pyridine rings is 1. The molecule has 4 rings (SSSR count). The van der Waals surface area contributed by atoms with E-state index in [0.29, 0.717) is 18.1 Å². The monoisotopic (exact) mass is 336 g/mol. The van der Waals surface area contributed by atoms with Crippen LogP contribution in [0.25, 0.3) is 17.0 Å². The van der Waals surface area contributed by atoms with E-state index in [1.807, 2.05) is 30.6 Å². The van der Waals surface area contributed by atoms with E-state index in [4.69, 9.17) is 8.94 Å². The molecule has 4 heterocycles. The van der Waals surface area contributed by atoms with Gasteiger partial charge in [-0.1, -0.05) is 11.2 Å². The van der Waals surface area contributed by atoms with E-state index in [1.54, 1.807) is 18.2 Å². The number of carbonyl (C=O) groups is 1. The maximum Gasteiger partial charge on any atom is 0.273 e. The minimum atomic E-state index is -0.269. The van der Waals surface area contributed by atoms with Gasteiger partial charge in [-0.15, -0.1) is 0 Å². The maximum atomic E-state index is 12.1. The number of hydrogen-bond donors (Lipinski definition) is 1. The molecule has 7 heteroatoms. The maximum absolute atomic E-state index is 12.1. The molecule has 0 atom stereocenters. The summed E-state index contributed by atoms with van der Waals surface area (Å²) in [6.45, 7) is 0.531. The van der Waals surface area contributed by atoms with Crippen molar-refractivity contribution in [2.24, 2.45) is 0 Å². The Bertz CT molecular complexity index is 985. The number of imidazole rings is 1. The summed E-state index contributed by atoms with van der Waals surface area (Å²) in [5.41, 5.74) is 1.30. The predicted octanol–water partition coefficient (Wildman–Crippen LogP) is 2.94. The molecule has 4 aromatic heterocycles. The molecule has 126 valence electrons. The van der Waals surface area contributed by atoms with Gasteiger partial charge < -0.3 is 18.7 Å². The molecule has 0 fully saturated rings. The van der Waals surface area contributed by atoms with Gasteiger partial charge in [0.1, 0.15) is 5.82 Å². The normalized spacial score (nSPS) is 11.0. The van der Waals surface area contributed by atoms with Crippen molar-refractivity contribution in [1.82, 2.24) is 19.9 Å². The molecule has 7 nitrogen and oxygen atoms in total. The Balaban J connectivity index is 1.30. The number of aromatic nitrogens is 3. The SMILES string of the molecule is O=C(NCCCc1ncc2ccccn12)c1cc(-c2ccco2)on1. The molecular weight excluding hydrogens is 320 g/mol. The first-order chi connectivity index (χ1) is 12.3. The van der Waals surface area contributed by atoms with E-state index in [-0.39, 0.29) is 11.6 Å². The van der Waals surface area contributed by atoms with E-state index in [0.717, 1.165) is 24.2 Å². The van der Waals surface area contributed by atoms with Crippen LogP contribution in [0.1, 0.15) is 22.7 Å². The molecule has 0 aromatic carbocycles. The summed E-state index contributed by atoms with van der Waals surface area (Å²) in [5.74, 6) is 1.68. The minimum Gasteiger partial charge on any atom is -0.461 e. The first-order valence-corrected chi connectivity index (χ1v) is 8.01. The summed E-state index contributed by atoms with van der Waals surface area (Å²) in [7, 11) is 0. The minimum absolute atomic E-state index is 0.234. The highest BCUT2D eigenvalue weighted by Gasteiger charge is 2.14. The van der Waals surface area contributed by atoms with Crippen LogP contribution in [0.4, 0.5) is 0 Å². The predicted molar refractivity (Wildman–Crippen MR) is 90.1 cm³/mol. The Morgan fingerprint density at radius 2 is 2.16 bits per heavy atom. The second-order valence-corrected chi connectivity index (χ2v) is 5.58. The lowest BCUT2D eigenvalue weighted by atomic mass is 10.2. The summed E-state index contributed by atoms with van der Waals surface area (Å²) >= 11 is 0. The molecule has 0 unspecified atom stereocenters. The summed E-state index contributed by atoms with van der Waals surface area (Å²) < 4.78 is 12.4. The number of amides is 1. The fraction of sp³-hybridized carbons (Fsp3) is 0.167. The van der Waals surface area contributed by atoms with Crippen LogP contribution in [0.3, 0.4) is 0 Å².